The van der Waals surface area contributed by atoms with Crippen LogP contribution in [0.15, 0.2) is 33.6 Å². The number of carbonyl (C=O) groups is 1. The minimum atomic E-state index is -0.0494. The van der Waals surface area contributed by atoms with Crippen LogP contribution in [0, 0.1) is 6.92 Å². The molecule has 0 aliphatic rings. The summed E-state index contributed by atoms with van der Waals surface area (Å²) in [7, 11) is 0. The van der Waals surface area contributed by atoms with E-state index in [-0.39, 0.29) is 5.91 Å². The molecule has 1 amide bonds. The Morgan fingerprint density at radius 2 is 2.35 bits per heavy atom. The molecule has 5 heteroatoms. The largest absolute Gasteiger partial charge is 0.326 e. The highest BCUT2D eigenvalue weighted by Gasteiger charge is 2.06. The predicted octanol–water partition coefficient (Wildman–Crippen LogP) is 3.40. The first-order valence-electron chi connectivity index (χ1n) is 5.08. The summed E-state index contributed by atoms with van der Waals surface area (Å²) in [6, 6.07) is 5.75. The van der Waals surface area contributed by atoms with E-state index >= 15 is 0 Å². The van der Waals surface area contributed by atoms with Crippen molar-refractivity contribution in [2.75, 3.05) is 5.32 Å². The van der Waals surface area contributed by atoms with Crippen molar-refractivity contribution in [3.8, 4) is 0 Å². The lowest BCUT2D eigenvalue weighted by Crippen LogP contribution is -2.14. The molecule has 0 aliphatic carbocycles. The maximum absolute atomic E-state index is 11.7. The first-order valence-corrected chi connectivity index (χ1v) is 6.82. The molecular weight excluding hydrogens is 300 g/mol. The molecule has 0 fully saturated rings. The maximum atomic E-state index is 11.7. The molecule has 0 unspecified atom stereocenters. The fraction of sp³-hybridized carbons (Fsp3) is 0.167. The average molecular weight is 311 g/mol. The van der Waals surface area contributed by atoms with Crippen LogP contribution >= 0.6 is 27.3 Å². The second-order valence-corrected chi connectivity index (χ2v) is 5.24. The van der Waals surface area contributed by atoms with Gasteiger partial charge in [-0.1, -0.05) is 22.0 Å². The Morgan fingerprint density at radius 3 is 3.00 bits per heavy atom. The Hall–Kier alpha value is -1.20. The molecule has 0 aliphatic heterocycles. The second kappa shape index (κ2) is 5.42. The maximum Gasteiger partial charge on any atom is 0.230 e. The summed E-state index contributed by atoms with van der Waals surface area (Å²) in [5.74, 6) is -0.0494. The summed E-state index contributed by atoms with van der Waals surface area (Å²) >= 11 is 4.93. The van der Waals surface area contributed by atoms with Gasteiger partial charge in [0.25, 0.3) is 0 Å². The third kappa shape index (κ3) is 3.38. The highest BCUT2D eigenvalue weighted by atomic mass is 79.9. The van der Waals surface area contributed by atoms with Crippen LogP contribution in [-0.2, 0) is 11.2 Å². The lowest BCUT2D eigenvalue weighted by atomic mass is 10.2. The van der Waals surface area contributed by atoms with Gasteiger partial charge >= 0.3 is 0 Å². The van der Waals surface area contributed by atoms with Gasteiger partial charge in [0, 0.05) is 15.5 Å². The van der Waals surface area contributed by atoms with Gasteiger partial charge in [-0.05, 0) is 24.6 Å². The highest BCUT2D eigenvalue weighted by Crippen LogP contribution is 2.20. The molecule has 0 spiro atoms. The Morgan fingerprint density at radius 1 is 1.53 bits per heavy atom. The van der Waals surface area contributed by atoms with Gasteiger partial charge < -0.3 is 5.32 Å². The molecule has 2 rings (SSSR count). The summed E-state index contributed by atoms with van der Waals surface area (Å²) < 4.78 is 0.990. The van der Waals surface area contributed by atoms with E-state index < -0.39 is 0 Å². The van der Waals surface area contributed by atoms with Gasteiger partial charge in [-0.25, -0.2) is 4.98 Å². The lowest BCUT2D eigenvalue weighted by Gasteiger charge is -2.06. The quantitative estimate of drug-likeness (QED) is 0.944. The topological polar surface area (TPSA) is 42.0 Å². The first kappa shape index (κ1) is 12.3. The average Bonchev–Trinajstić information content (AvgIpc) is 2.76. The number of carbonyl (C=O) groups excluding carboxylic acids is 1. The number of hydrogen-bond acceptors (Lipinski definition) is 3. The summed E-state index contributed by atoms with van der Waals surface area (Å²) in [5.41, 5.74) is 4.47. The normalized spacial score (nSPS) is 10.2. The number of rotatable bonds is 3. The van der Waals surface area contributed by atoms with Crippen LogP contribution in [0.1, 0.15) is 11.3 Å². The van der Waals surface area contributed by atoms with Crippen LogP contribution in [0.2, 0.25) is 0 Å². The zero-order chi connectivity index (χ0) is 12.3. The summed E-state index contributed by atoms with van der Waals surface area (Å²) in [4.78, 5) is 15.8. The summed E-state index contributed by atoms with van der Waals surface area (Å²) in [5, 5.41) is 4.72. The van der Waals surface area contributed by atoms with E-state index in [4.69, 9.17) is 0 Å². The van der Waals surface area contributed by atoms with E-state index in [0.717, 1.165) is 21.4 Å². The Labute approximate surface area is 112 Å². The molecule has 1 aromatic heterocycles. The Bertz CT molecular complexity index is 525. The number of thiazole rings is 1. The standard InChI is InChI=1S/C12H11BrN2OS/c1-8-2-3-9(4-11(8)13)15-12(16)5-10-6-17-7-14-10/h2-4,6-7H,5H2,1H3,(H,15,16). The number of anilines is 1. The minimum Gasteiger partial charge on any atom is -0.326 e. The van der Waals surface area contributed by atoms with E-state index in [1.807, 2.05) is 30.5 Å². The molecule has 2 aromatic rings. The molecule has 1 aromatic carbocycles. The number of amides is 1. The van der Waals surface area contributed by atoms with Gasteiger partial charge in [-0.3, -0.25) is 4.79 Å². The Kier molecular flexibility index (Phi) is 3.91. The van der Waals surface area contributed by atoms with E-state index in [1.165, 1.54) is 11.3 Å². The number of nitrogens with one attached hydrogen (secondary N) is 1. The molecule has 17 heavy (non-hydrogen) atoms. The van der Waals surface area contributed by atoms with E-state index in [9.17, 15) is 4.79 Å². The van der Waals surface area contributed by atoms with Crippen LogP contribution < -0.4 is 5.32 Å². The van der Waals surface area contributed by atoms with Gasteiger partial charge in [0.05, 0.1) is 17.6 Å². The van der Waals surface area contributed by atoms with Gasteiger partial charge in [0.2, 0.25) is 5.91 Å². The van der Waals surface area contributed by atoms with Gasteiger partial charge in [-0.2, -0.15) is 0 Å². The number of benzene rings is 1. The fourth-order valence-electron chi connectivity index (χ4n) is 1.37. The van der Waals surface area contributed by atoms with Gasteiger partial charge in [-0.15, -0.1) is 11.3 Å². The zero-order valence-electron chi connectivity index (χ0n) is 9.24. The van der Waals surface area contributed by atoms with Crippen molar-refractivity contribution >= 4 is 38.9 Å². The van der Waals surface area contributed by atoms with Crippen LogP contribution in [0.3, 0.4) is 0 Å². The van der Waals surface area contributed by atoms with Crippen LogP contribution in [0.5, 0.6) is 0 Å². The molecule has 0 saturated carbocycles. The number of aromatic nitrogens is 1. The van der Waals surface area contributed by atoms with E-state index in [1.54, 1.807) is 5.51 Å². The highest BCUT2D eigenvalue weighted by molar-refractivity contribution is 9.10. The smallest absolute Gasteiger partial charge is 0.230 e. The number of nitrogens with zero attached hydrogens (tertiary/aromatic N) is 1. The van der Waals surface area contributed by atoms with Crippen LogP contribution in [0.25, 0.3) is 0 Å². The van der Waals surface area contributed by atoms with Crippen molar-refractivity contribution in [1.29, 1.82) is 0 Å². The summed E-state index contributed by atoms with van der Waals surface area (Å²) in [6.45, 7) is 2.00. The monoisotopic (exact) mass is 310 g/mol. The molecule has 1 heterocycles. The number of aryl methyl sites for hydroxylation is 1. The van der Waals surface area contributed by atoms with Crippen molar-refractivity contribution < 1.29 is 4.79 Å². The van der Waals surface area contributed by atoms with Gasteiger partial charge in [0.1, 0.15) is 0 Å². The van der Waals surface area contributed by atoms with Crippen molar-refractivity contribution in [2.24, 2.45) is 0 Å². The van der Waals surface area contributed by atoms with Crippen molar-refractivity contribution in [3.05, 3.63) is 44.8 Å². The lowest BCUT2D eigenvalue weighted by molar-refractivity contribution is -0.115. The van der Waals surface area contributed by atoms with Gasteiger partial charge in [0.15, 0.2) is 0 Å². The molecular formula is C12H11BrN2OS. The second-order valence-electron chi connectivity index (χ2n) is 3.67. The number of hydrogen-bond donors (Lipinski definition) is 1. The zero-order valence-corrected chi connectivity index (χ0v) is 11.6. The molecule has 0 bridgehead atoms. The molecule has 0 atom stereocenters. The Balaban J connectivity index is 2.00. The van der Waals surface area contributed by atoms with Crippen molar-refractivity contribution in [1.82, 2.24) is 4.98 Å². The molecule has 88 valence electrons. The predicted molar refractivity (Wildman–Crippen MR) is 73.3 cm³/mol. The number of halogens is 1. The summed E-state index contributed by atoms with van der Waals surface area (Å²) in [6.07, 6.45) is 0.314. The van der Waals surface area contributed by atoms with E-state index in [2.05, 4.69) is 26.2 Å². The van der Waals surface area contributed by atoms with Crippen LogP contribution in [0.4, 0.5) is 5.69 Å². The molecule has 0 saturated heterocycles. The molecule has 1 N–H and O–H groups in total. The van der Waals surface area contributed by atoms with Crippen molar-refractivity contribution in [2.45, 2.75) is 13.3 Å². The first-order chi connectivity index (χ1) is 8.15. The molecule has 0 radical (unpaired) electrons. The van der Waals surface area contributed by atoms with Crippen LogP contribution in [-0.4, -0.2) is 10.9 Å². The van der Waals surface area contributed by atoms with Crippen molar-refractivity contribution in [3.63, 3.8) is 0 Å². The molecule has 3 nitrogen and oxygen atoms in total. The van der Waals surface area contributed by atoms with E-state index in [0.29, 0.717) is 6.42 Å². The SMILES string of the molecule is Cc1ccc(NC(=O)Cc2cscn2)cc1Br. The third-order valence-corrected chi connectivity index (χ3v) is 3.77. The third-order valence-electron chi connectivity index (χ3n) is 2.28. The minimum absolute atomic E-state index is 0.0494. The fourth-order valence-corrected chi connectivity index (χ4v) is 2.30.